The molecule has 0 spiro atoms. The Bertz CT molecular complexity index is 358. The molecule has 1 aromatic rings. The van der Waals surface area contributed by atoms with E-state index < -0.39 is 29.0 Å². The number of benzene rings is 1. The van der Waals surface area contributed by atoms with Crippen molar-refractivity contribution in [3.8, 4) is 5.75 Å². The van der Waals surface area contributed by atoms with Crippen molar-refractivity contribution in [1.82, 2.24) is 0 Å². The molecule has 0 aliphatic rings. The van der Waals surface area contributed by atoms with Crippen LogP contribution >= 0.6 is 0 Å². The maximum atomic E-state index is 13.1. The molecule has 0 amide bonds. The largest absolute Gasteiger partial charge is 0.487 e. The van der Waals surface area contributed by atoms with Gasteiger partial charge in [-0.3, -0.25) is 0 Å². The molecule has 1 rings (SSSR count). The monoisotopic (exact) mass is 251 g/mol. The highest BCUT2D eigenvalue weighted by atomic mass is 19.2. The van der Waals surface area contributed by atoms with Gasteiger partial charge in [0.25, 0.3) is 0 Å². The Kier molecular flexibility index (Phi) is 5.21. The lowest BCUT2D eigenvalue weighted by atomic mass is 10.2. The highest BCUT2D eigenvalue weighted by molar-refractivity contribution is 5.28. The maximum Gasteiger partial charge on any atom is 0.203 e. The van der Waals surface area contributed by atoms with Crippen LogP contribution in [0.1, 0.15) is 19.3 Å². The van der Waals surface area contributed by atoms with E-state index in [-0.39, 0.29) is 12.7 Å². The Hall–Kier alpha value is -1.30. The van der Waals surface area contributed by atoms with Crippen LogP contribution in [0.25, 0.3) is 0 Å². The Morgan fingerprint density at radius 3 is 2.06 bits per heavy atom. The Morgan fingerprint density at radius 1 is 0.941 bits per heavy atom. The quantitative estimate of drug-likeness (QED) is 0.479. The minimum Gasteiger partial charge on any atom is -0.487 e. The Labute approximate surface area is 96.4 Å². The van der Waals surface area contributed by atoms with Crippen molar-refractivity contribution in [3.05, 3.63) is 29.3 Å². The van der Waals surface area contributed by atoms with Gasteiger partial charge in [0.2, 0.25) is 11.6 Å². The molecule has 96 valence electrons. The number of nitrogens with two attached hydrogens (primary N) is 1. The molecule has 2 nitrogen and oxygen atoms in total. The van der Waals surface area contributed by atoms with Crippen molar-refractivity contribution < 1.29 is 22.3 Å². The highest BCUT2D eigenvalue weighted by Crippen LogP contribution is 2.26. The van der Waals surface area contributed by atoms with E-state index >= 15 is 0 Å². The predicted molar refractivity (Wildman–Crippen MR) is 54.7 cm³/mol. The third kappa shape index (κ3) is 3.59. The number of rotatable bonds is 6. The summed E-state index contributed by atoms with van der Waals surface area (Å²) < 4.78 is 56.4. The van der Waals surface area contributed by atoms with E-state index in [0.717, 1.165) is 12.8 Å². The summed E-state index contributed by atoms with van der Waals surface area (Å²) >= 11 is 0. The minimum absolute atomic E-state index is 0.0171. The van der Waals surface area contributed by atoms with Crippen molar-refractivity contribution in [2.45, 2.75) is 19.3 Å². The van der Waals surface area contributed by atoms with Crippen LogP contribution in [0, 0.1) is 23.3 Å². The Morgan fingerprint density at radius 2 is 1.53 bits per heavy atom. The molecule has 1 aromatic carbocycles. The van der Waals surface area contributed by atoms with Crippen LogP contribution in [0.4, 0.5) is 17.6 Å². The van der Waals surface area contributed by atoms with Crippen molar-refractivity contribution >= 4 is 0 Å². The summed E-state index contributed by atoms with van der Waals surface area (Å²) in [5, 5.41) is 0. The molecule has 0 heterocycles. The van der Waals surface area contributed by atoms with Gasteiger partial charge in [-0.05, 0) is 25.8 Å². The second-order valence-corrected chi connectivity index (χ2v) is 3.50. The second-order valence-electron chi connectivity index (χ2n) is 3.50. The third-order valence-corrected chi connectivity index (χ3v) is 2.17. The fourth-order valence-corrected chi connectivity index (χ4v) is 1.28. The molecule has 0 atom stereocenters. The average Bonchev–Trinajstić information content (AvgIpc) is 2.30. The fourth-order valence-electron chi connectivity index (χ4n) is 1.28. The summed E-state index contributed by atoms with van der Waals surface area (Å²) in [6, 6.07) is 0.145. The van der Waals surface area contributed by atoms with E-state index in [4.69, 9.17) is 10.5 Å². The number of hydrogen-bond donors (Lipinski definition) is 1. The molecule has 2 N–H and O–H groups in total. The smallest absolute Gasteiger partial charge is 0.203 e. The van der Waals surface area contributed by atoms with E-state index in [9.17, 15) is 17.6 Å². The molecule has 0 saturated heterocycles. The van der Waals surface area contributed by atoms with Crippen LogP contribution in [-0.4, -0.2) is 13.2 Å². The number of halogens is 4. The fraction of sp³-hybridized carbons (Fsp3) is 0.455. The van der Waals surface area contributed by atoms with Crippen molar-refractivity contribution in [2.24, 2.45) is 5.73 Å². The summed E-state index contributed by atoms with van der Waals surface area (Å²) in [5.74, 6) is -6.97. The topological polar surface area (TPSA) is 35.2 Å². The first-order valence-electron chi connectivity index (χ1n) is 5.23. The molecule has 0 unspecified atom stereocenters. The van der Waals surface area contributed by atoms with Gasteiger partial charge in [0, 0.05) is 6.07 Å². The van der Waals surface area contributed by atoms with Gasteiger partial charge >= 0.3 is 0 Å². The first-order chi connectivity index (χ1) is 8.07. The van der Waals surface area contributed by atoms with Gasteiger partial charge in [-0.1, -0.05) is 0 Å². The zero-order valence-corrected chi connectivity index (χ0v) is 9.11. The van der Waals surface area contributed by atoms with Gasteiger partial charge in [0.05, 0.1) is 6.61 Å². The van der Waals surface area contributed by atoms with Gasteiger partial charge in [-0.2, -0.15) is 8.78 Å². The van der Waals surface area contributed by atoms with E-state index in [1.807, 2.05) is 0 Å². The van der Waals surface area contributed by atoms with Gasteiger partial charge in [0.15, 0.2) is 17.4 Å². The van der Waals surface area contributed by atoms with E-state index in [1.54, 1.807) is 0 Å². The molecule has 0 aliphatic heterocycles. The van der Waals surface area contributed by atoms with Crippen molar-refractivity contribution in [3.63, 3.8) is 0 Å². The van der Waals surface area contributed by atoms with E-state index in [1.165, 1.54) is 0 Å². The van der Waals surface area contributed by atoms with Crippen molar-refractivity contribution in [1.29, 1.82) is 0 Å². The van der Waals surface area contributed by atoms with Gasteiger partial charge in [-0.25, -0.2) is 8.78 Å². The molecule has 17 heavy (non-hydrogen) atoms. The normalized spacial score (nSPS) is 10.6. The second kappa shape index (κ2) is 6.44. The van der Waals surface area contributed by atoms with Crippen LogP contribution in [0.3, 0.4) is 0 Å². The summed E-state index contributed by atoms with van der Waals surface area (Å²) in [4.78, 5) is 0. The van der Waals surface area contributed by atoms with Crippen LogP contribution in [0.5, 0.6) is 5.75 Å². The molecular formula is C11H13F4NO. The lowest BCUT2D eigenvalue weighted by molar-refractivity contribution is 0.264. The van der Waals surface area contributed by atoms with Gasteiger partial charge in [-0.15, -0.1) is 0 Å². The lowest BCUT2D eigenvalue weighted by Crippen LogP contribution is -2.06. The Balaban J connectivity index is 2.64. The van der Waals surface area contributed by atoms with Crippen LogP contribution < -0.4 is 10.5 Å². The number of ether oxygens (including phenoxy) is 1. The first kappa shape index (κ1) is 13.8. The number of unbranched alkanes of at least 4 members (excludes halogenated alkanes) is 2. The van der Waals surface area contributed by atoms with Crippen LogP contribution in [0.2, 0.25) is 0 Å². The molecule has 0 saturated carbocycles. The minimum atomic E-state index is -1.51. The highest BCUT2D eigenvalue weighted by Gasteiger charge is 2.20. The van der Waals surface area contributed by atoms with Gasteiger partial charge in [0.1, 0.15) is 0 Å². The van der Waals surface area contributed by atoms with E-state index in [0.29, 0.717) is 13.0 Å². The lowest BCUT2D eigenvalue weighted by Gasteiger charge is -2.09. The van der Waals surface area contributed by atoms with Gasteiger partial charge < -0.3 is 10.5 Å². The van der Waals surface area contributed by atoms with Crippen LogP contribution in [-0.2, 0) is 0 Å². The maximum absolute atomic E-state index is 13.1. The molecule has 0 radical (unpaired) electrons. The molecule has 0 bridgehead atoms. The number of hydrogen-bond acceptors (Lipinski definition) is 2. The third-order valence-electron chi connectivity index (χ3n) is 2.17. The van der Waals surface area contributed by atoms with E-state index in [2.05, 4.69) is 0 Å². The summed E-state index contributed by atoms with van der Waals surface area (Å²) in [6.45, 7) is 0.494. The van der Waals surface area contributed by atoms with Crippen molar-refractivity contribution in [2.75, 3.05) is 13.2 Å². The first-order valence-corrected chi connectivity index (χ1v) is 5.23. The zero-order chi connectivity index (χ0) is 12.8. The van der Waals surface area contributed by atoms with Crippen LogP contribution in [0.15, 0.2) is 6.07 Å². The molecule has 0 fully saturated rings. The molecule has 0 aliphatic carbocycles. The summed E-state index contributed by atoms with van der Waals surface area (Å²) in [5.41, 5.74) is 5.25. The molecule has 6 heteroatoms. The summed E-state index contributed by atoms with van der Waals surface area (Å²) in [6.07, 6.45) is 1.98. The summed E-state index contributed by atoms with van der Waals surface area (Å²) in [7, 11) is 0. The average molecular weight is 251 g/mol. The standard InChI is InChI=1S/C11H13F4NO/c12-7-6-8(13)10(15)11(9(7)14)17-5-3-1-2-4-16/h6H,1-5,16H2. The SMILES string of the molecule is NCCCCCOc1c(F)c(F)cc(F)c1F. The predicted octanol–water partition coefficient (Wildman–Crippen LogP) is 2.75. The zero-order valence-electron chi connectivity index (χ0n) is 9.11. The molecule has 0 aromatic heterocycles. The molecular weight excluding hydrogens is 238 g/mol.